The number of carbonyl (C=O) groups is 2. The van der Waals surface area contributed by atoms with Crippen LogP contribution in [0.2, 0.25) is 0 Å². The molecule has 0 amide bonds. The molecule has 14 nitrogen and oxygen atoms in total. The summed E-state index contributed by atoms with van der Waals surface area (Å²) in [6.07, 6.45) is 2.99. The molecular weight excluding hydrogens is 749 g/mol. The summed E-state index contributed by atoms with van der Waals surface area (Å²) in [5.74, 6) is -0.619. The average Bonchev–Trinajstić information content (AvgIpc) is 3.34. The van der Waals surface area contributed by atoms with E-state index in [-0.39, 0.29) is 69.2 Å². The fourth-order valence-corrected chi connectivity index (χ4v) is 7.70. The zero-order valence-electron chi connectivity index (χ0n) is 26.9. The number of methoxy groups -OCH3 is 3. The molecule has 2 aromatic heterocycles. The quantitative estimate of drug-likeness (QED) is 0.167. The van der Waals surface area contributed by atoms with Gasteiger partial charge in [-0.2, -0.15) is 0 Å². The second kappa shape index (κ2) is 12.0. The van der Waals surface area contributed by atoms with Gasteiger partial charge in [0, 0.05) is 67.3 Å². The molecule has 1 aliphatic heterocycles. The maximum absolute atomic E-state index is 14.1. The normalized spacial score (nSPS) is 18.5. The molecule has 4 aromatic rings. The van der Waals surface area contributed by atoms with E-state index in [0.29, 0.717) is 33.9 Å². The molecule has 3 aliphatic rings. The Labute approximate surface area is 291 Å². The molecule has 7 rings (SSSR count). The molecule has 0 bridgehead atoms. The van der Waals surface area contributed by atoms with Crippen LogP contribution in [0.4, 0.5) is 0 Å². The van der Waals surface area contributed by atoms with E-state index in [2.05, 4.69) is 4.98 Å². The van der Waals surface area contributed by atoms with Crippen molar-refractivity contribution in [2.75, 3.05) is 21.3 Å². The molecule has 0 unspecified atom stereocenters. The monoisotopic (exact) mass is 779 g/mol. The molecule has 0 saturated carbocycles. The minimum atomic E-state index is -0.917. The molecule has 2 atom stereocenters. The Kier molecular flexibility index (Phi) is 7.96. The van der Waals surface area contributed by atoms with Gasteiger partial charge >= 0.3 is 11.4 Å². The van der Waals surface area contributed by atoms with E-state index in [9.17, 15) is 29.1 Å². The number of carbonyl (C=O) groups excluding carboxylic acids is 2. The lowest BCUT2D eigenvalue weighted by molar-refractivity contribution is -0.115. The van der Waals surface area contributed by atoms with Gasteiger partial charge in [0.25, 0.3) is 5.56 Å². The average molecular weight is 780 g/mol. The number of rotatable bonds is 7. The highest BCUT2D eigenvalue weighted by Gasteiger charge is 2.46. The van der Waals surface area contributed by atoms with Crippen molar-refractivity contribution in [3.8, 4) is 23.0 Å². The van der Waals surface area contributed by atoms with Gasteiger partial charge in [0.2, 0.25) is 0 Å². The van der Waals surface area contributed by atoms with Crippen LogP contribution in [0.3, 0.4) is 0 Å². The third-order valence-corrected chi connectivity index (χ3v) is 10.3. The van der Waals surface area contributed by atoms with Crippen LogP contribution in [-0.4, -0.2) is 61.5 Å². The molecule has 0 saturated heterocycles. The number of ether oxygens (including phenoxy) is 3. The number of phenols is 1. The maximum Gasteiger partial charge on any atom is 0.347 e. The number of hydrogen-bond donors (Lipinski definition) is 1. The smallest absolute Gasteiger partial charge is 0.347 e. The Balaban J connectivity index is 1.31. The molecule has 49 heavy (non-hydrogen) atoms. The van der Waals surface area contributed by atoms with E-state index in [0.717, 1.165) is 4.57 Å². The Hall–Kier alpha value is -5.19. The number of allylic oxidation sites excluding steroid dienone is 6. The minimum Gasteiger partial charge on any atom is -0.507 e. The van der Waals surface area contributed by atoms with Crippen molar-refractivity contribution in [1.82, 2.24) is 23.5 Å². The van der Waals surface area contributed by atoms with E-state index >= 15 is 0 Å². The van der Waals surface area contributed by atoms with E-state index in [1.54, 1.807) is 37.4 Å². The number of Topliss-reactive ketones (excluding diaryl/α,β-unsaturated/α-hetero) is 1. The van der Waals surface area contributed by atoms with Gasteiger partial charge in [-0.3, -0.25) is 14.4 Å². The first-order valence-electron chi connectivity index (χ1n) is 15.3. The molecule has 3 heterocycles. The van der Waals surface area contributed by atoms with Gasteiger partial charge < -0.3 is 23.9 Å². The van der Waals surface area contributed by atoms with Crippen molar-refractivity contribution < 1.29 is 28.9 Å². The number of aromatic nitrogens is 5. The van der Waals surface area contributed by atoms with Crippen molar-refractivity contribution >= 4 is 45.2 Å². The van der Waals surface area contributed by atoms with E-state index in [1.165, 1.54) is 47.4 Å². The van der Waals surface area contributed by atoms with Crippen LogP contribution in [0.1, 0.15) is 29.6 Å². The second-order valence-corrected chi connectivity index (χ2v) is 13.0. The number of aromatic hydroxyl groups is 1. The van der Waals surface area contributed by atoms with Crippen molar-refractivity contribution in [3.05, 3.63) is 105 Å². The summed E-state index contributed by atoms with van der Waals surface area (Å²) in [5, 5.41) is 11.1. The lowest BCUT2D eigenvalue weighted by Crippen LogP contribution is -2.40. The summed E-state index contributed by atoms with van der Waals surface area (Å²) in [4.78, 5) is 72.8. The second-order valence-electron chi connectivity index (χ2n) is 11.8. The van der Waals surface area contributed by atoms with Crippen molar-refractivity contribution in [1.29, 1.82) is 0 Å². The molecule has 1 N–H and O–H groups in total. The number of ketones is 2. The lowest BCUT2D eigenvalue weighted by atomic mass is 9.68. The number of benzene rings is 2. The summed E-state index contributed by atoms with van der Waals surface area (Å²) < 4.78 is 21.7. The minimum absolute atomic E-state index is 0.00534. The molecule has 2 aliphatic carbocycles. The summed E-state index contributed by atoms with van der Waals surface area (Å²) in [6.45, 7) is -0.147. The van der Waals surface area contributed by atoms with Crippen LogP contribution in [-0.2, 0) is 36.1 Å². The Morgan fingerprint density at radius 2 is 1.69 bits per heavy atom. The molecule has 0 spiro atoms. The standard InChI is InChI=1S/C34H30IN5O9/c1-37-22-15-27(49-4)26(48-3)14-20(22)36-19(32(37)44)9-10-38-33(45)39-11-8-16-21(40(39)34(38)46)12-17-24(42)13-18(35)31(43)29(17)28(16)30-23(41)6-5-7-25(30)47-2/h5-8,13-15,21,28,41H,9-12H2,1-4H3/t21-,28+/m1/s1. The first-order valence-corrected chi connectivity index (χ1v) is 16.4. The first kappa shape index (κ1) is 32.4. The Bertz CT molecular complexity index is 2410. The number of nitrogens with zero attached hydrogens (tertiary/aromatic N) is 5. The number of phenolic OH excluding ortho intramolecular Hbond substituents is 1. The highest BCUT2D eigenvalue weighted by molar-refractivity contribution is 14.1. The van der Waals surface area contributed by atoms with Gasteiger partial charge in [0.1, 0.15) is 17.2 Å². The SMILES string of the molecule is COc1cc2nc(CCn3c(=O)n4n(c3=O)[C@@H]3CC5=C(C(=O)C(I)=CC5=O)[C@@H](c5c(O)cccc5OC)C3=CC4)c(=O)n(C)c2cc1OC. The van der Waals surface area contributed by atoms with Gasteiger partial charge in [-0.1, -0.05) is 12.1 Å². The highest BCUT2D eigenvalue weighted by atomic mass is 127. The third-order valence-electron chi connectivity index (χ3n) is 9.45. The maximum atomic E-state index is 14.1. The number of halogens is 1. The molecule has 0 radical (unpaired) electrons. The zero-order chi connectivity index (χ0) is 34.9. The largest absolute Gasteiger partial charge is 0.507 e. The van der Waals surface area contributed by atoms with Crippen molar-refractivity contribution in [3.63, 3.8) is 0 Å². The molecule has 15 heteroatoms. The van der Waals surface area contributed by atoms with Crippen LogP contribution in [0, 0.1) is 0 Å². The predicted octanol–water partition coefficient (Wildman–Crippen LogP) is 2.47. The van der Waals surface area contributed by atoms with E-state index < -0.39 is 28.9 Å². The molecular formula is C34H30IN5O9. The van der Waals surface area contributed by atoms with Gasteiger partial charge in [0.15, 0.2) is 23.1 Å². The van der Waals surface area contributed by atoms with Crippen LogP contribution in [0.15, 0.2) is 77.2 Å². The van der Waals surface area contributed by atoms with Gasteiger partial charge in [0.05, 0.1) is 48.5 Å². The number of aryl methyl sites for hydroxylation is 2. The number of fused-ring (bicyclic) bond motifs is 4. The number of hydrogen-bond acceptors (Lipinski definition) is 10. The van der Waals surface area contributed by atoms with Crippen molar-refractivity contribution in [2.24, 2.45) is 7.05 Å². The van der Waals surface area contributed by atoms with Crippen LogP contribution in [0.5, 0.6) is 23.0 Å². The summed E-state index contributed by atoms with van der Waals surface area (Å²) in [6, 6.07) is 7.20. The van der Waals surface area contributed by atoms with E-state index in [4.69, 9.17) is 14.2 Å². The summed E-state index contributed by atoms with van der Waals surface area (Å²) >= 11 is 1.83. The third kappa shape index (κ3) is 4.89. The van der Waals surface area contributed by atoms with E-state index in [1.807, 2.05) is 22.6 Å². The van der Waals surface area contributed by atoms with Crippen LogP contribution >= 0.6 is 22.6 Å². The van der Waals surface area contributed by atoms with Crippen molar-refractivity contribution in [2.45, 2.75) is 37.9 Å². The molecule has 2 aromatic carbocycles. The molecule has 252 valence electrons. The fraction of sp³-hybridized carbons (Fsp3) is 0.294. The van der Waals surface area contributed by atoms with Gasteiger partial charge in [-0.25, -0.2) is 28.5 Å². The van der Waals surface area contributed by atoms with Gasteiger partial charge in [-0.05, 0) is 40.3 Å². The highest BCUT2D eigenvalue weighted by Crippen LogP contribution is 2.53. The Morgan fingerprint density at radius 1 is 0.980 bits per heavy atom. The topological polar surface area (TPSA) is 166 Å². The van der Waals surface area contributed by atoms with Crippen LogP contribution < -0.4 is 31.1 Å². The first-order chi connectivity index (χ1) is 23.5. The van der Waals surface area contributed by atoms with Crippen LogP contribution in [0.25, 0.3) is 11.0 Å². The zero-order valence-corrected chi connectivity index (χ0v) is 29.0. The molecule has 0 fully saturated rings. The van der Waals surface area contributed by atoms with Gasteiger partial charge in [-0.15, -0.1) is 0 Å². The summed E-state index contributed by atoms with van der Waals surface area (Å²) in [5.41, 5.74) is 0.797. The fourth-order valence-electron chi connectivity index (χ4n) is 7.13. The Morgan fingerprint density at radius 3 is 2.41 bits per heavy atom. The lowest BCUT2D eigenvalue weighted by Gasteiger charge is -2.39. The summed E-state index contributed by atoms with van der Waals surface area (Å²) in [7, 11) is 6.02. The predicted molar refractivity (Wildman–Crippen MR) is 185 cm³/mol.